The van der Waals surface area contributed by atoms with Gasteiger partial charge in [-0.1, -0.05) is 50.2 Å². The summed E-state index contributed by atoms with van der Waals surface area (Å²) in [6.45, 7) is 4.40. The first-order valence-corrected chi connectivity index (χ1v) is 7.65. The van der Waals surface area contributed by atoms with E-state index in [4.69, 9.17) is 0 Å². The molecular weight excluding hydrogens is 258 g/mol. The second-order valence-electron chi connectivity index (χ2n) is 6.02. The Kier molecular flexibility index (Phi) is 3.78. The van der Waals surface area contributed by atoms with Crippen molar-refractivity contribution in [3.63, 3.8) is 0 Å². The summed E-state index contributed by atoms with van der Waals surface area (Å²) in [5.41, 5.74) is 3.12. The van der Waals surface area contributed by atoms with Crippen LogP contribution < -0.4 is 4.90 Å². The van der Waals surface area contributed by atoms with Gasteiger partial charge in [-0.3, -0.25) is 4.79 Å². The summed E-state index contributed by atoms with van der Waals surface area (Å²) in [6.07, 6.45) is 2.09. The molecule has 21 heavy (non-hydrogen) atoms. The summed E-state index contributed by atoms with van der Waals surface area (Å²) in [7, 11) is 0. The molecule has 0 saturated carbocycles. The number of hydrogen-bond acceptors (Lipinski definition) is 1. The Labute approximate surface area is 126 Å². The first-order chi connectivity index (χ1) is 10.2. The summed E-state index contributed by atoms with van der Waals surface area (Å²) < 4.78 is 0. The van der Waals surface area contributed by atoms with Gasteiger partial charge in [0.15, 0.2) is 0 Å². The molecule has 3 rings (SSSR count). The Morgan fingerprint density at radius 1 is 1.05 bits per heavy atom. The quantitative estimate of drug-likeness (QED) is 0.802. The van der Waals surface area contributed by atoms with Crippen molar-refractivity contribution in [1.82, 2.24) is 0 Å². The monoisotopic (exact) mass is 279 g/mol. The molecule has 0 N–H and O–H groups in total. The molecule has 0 bridgehead atoms. The highest BCUT2D eigenvalue weighted by Gasteiger charge is 2.32. The molecule has 1 unspecified atom stereocenters. The van der Waals surface area contributed by atoms with Gasteiger partial charge in [0, 0.05) is 17.3 Å². The van der Waals surface area contributed by atoms with Gasteiger partial charge in [-0.05, 0) is 42.5 Å². The minimum absolute atomic E-state index is 0.112. The van der Waals surface area contributed by atoms with Gasteiger partial charge in [0.1, 0.15) is 0 Å². The van der Waals surface area contributed by atoms with Crippen LogP contribution in [0.5, 0.6) is 0 Å². The van der Waals surface area contributed by atoms with E-state index in [1.54, 1.807) is 0 Å². The maximum absolute atomic E-state index is 13.0. The van der Waals surface area contributed by atoms with Crippen molar-refractivity contribution in [3.8, 4) is 0 Å². The Bertz CT molecular complexity index is 633. The zero-order valence-corrected chi connectivity index (χ0v) is 12.6. The minimum atomic E-state index is 0.112. The van der Waals surface area contributed by atoms with Gasteiger partial charge in [0.25, 0.3) is 5.91 Å². The number of carbonyl (C=O) groups excluding carboxylic acids is 1. The first kappa shape index (κ1) is 13.9. The largest absolute Gasteiger partial charge is 0.305 e. The topological polar surface area (TPSA) is 20.3 Å². The second kappa shape index (κ2) is 5.72. The van der Waals surface area contributed by atoms with E-state index in [0.717, 1.165) is 24.1 Å². The van der Waals surface area contributed by atoms with Crippen LogP contribution in [0.2, 0.25) is 0 Å². The summed E-state index contributed by atoms with van der Waals surface area (Å²) in [6, 6.07) is 18.1. The molecule has 2 nitrogen and oxygen atoms in total. The number of carbonyl (C=O) groups is 1. The number of benzene rings is 2. The van der Waals surface area contributed by atoms with Crippen LogP contribution in [0, 0.1) is 5.92 Å². The number of amides is 1. The third kappa shape index (κ3) is 2.58. The predicted molar refractivity (Wildman–Crippen MR) is 86.6 cm³/mol. The maximum Gasteiger partial charge on any atom is 0.258 e. The number of rotatable bonds is 2. The van der Waals surface area contributed by atoms with E-state index in [9.17, 15) is 4.79 Å². The van der Waals surface area contributed by atoms with Crippen molar-refractivity contribution in [2.45, 2.75) is 32.7 Å². The molecule has 0 saturated heterocycles. The molecule has 1 aliphatic rings. The summed E-state index contributed by atoms with van der Waals surface area (Å²) in [4.78, 5) is 15.0. The number of fused-ring (bicyclic) bond motifs is 1. The first-order valence-electron chi connectivity index (χ1n) is 7.65. The van der Waals surface area contributed by atoms with Crippen LogP contribution in [0.4, 0.5) is 5.69 Å². The molecule has 1 aliphatic heterocycles. The fraction of sp³-hybridized carbons (Fsp3) is 0.316. The molecular formula is C19H21NO. The Hall–Kier alpha value is -2.09. The lowest BCUT2D eigenvalue weighted by Gasteiger charge is -2.39. The van der Waals surface area contributed by atoms with Crippen LogP contribution in [0.25, 0.3) is 0 Å². The van der Waals surface area contributed by atoms with E-state index in [0.29, 0.717) is 5.92 Å². The molecule has 2 aromatic rings. The van der Waals surface area contributed by atoms with Gasteiger partial charge in [-0.2, -0.15) is 0 Å². The Morgan fingerprint density at radius 3 is 2.43 bits per heavy atom. The van der Waals surface area contributed by atoms with Gasteiger partial charge in [0.05, 0.1) is 0 Å². The third-order valence-electron chi connectivity index (χ3n) is 4.30. The van der Waals surface area contributed by atoms with Gasteiger partial charge < -0.3 is 4.90 Å². The summed E-state index contributed by atoms with van der Waals surface area (Å²) in [5, 5.41) is 0. The molecule has 1 heterocycles. The SMILES string of the molecule is CC(C)C1CCc2ccccc2N1C(=O)c1ccccc1. The standard InChI is InChI=1S/C19H21NO/c1-14(2)17-13-12-15-8-6-7-11-18(15)20(17)19(21)16-9-4-3-5-10-16/h3-11,14,17H,12-13H2,1-2H3. The van der Waals surface area contributed by atoms with E-state index in [2.05, 4.69) is 32.0 Å². The van der Waals surface area contributed by atoms with E-state index in [-0.39, 0.29) is 11.9 Å². The van der Waals surface area contributed by atoms with E-state index in [1.807, 2.05) is 41.3 Å². The molecule has 0 spiro atoms. The number of para-hydroxylation sites is 1. The average Bonchev–Trinajstić information content (AvgIpc) is 2.53. The summed E-state index contributed by atoms with van der Waals surface area (Å²) in [5.74, 6) is 0.562. The minimum Gasteiger partial charge on any atom is -0.305 e. The van der Waals surface area contributed by atoms with E-state index in [1.165, 1.54) is 5.56 Å². The highest BCUT2D eigenvalue weighted by Crippen LogP contribution is 2.34. The molecule has 0 aliphatic carbocycles. The van der Waals surface area contributed by atoms with Gasteiger partial charge in [-0.25, -0.2) is 0 Å². The van der Waals surface area contributed by atoms with E-state index >= 15 is 0 Å². The van der Waals surface area contributed by atoms with Gasteiger partial charge in [-0.15, -0.1) is 0 Å². The average molecular weight is 279 g/mol. The lowest BCUT2D eigenvalue weighted by Crippen LogP contribution is -2.46. The lowest BCUT2D eigenvalue weighted by molar-refractivity contribution is 0.0965. The van der Waals surface area contributed by atoms with Crippen molar-refractivity contribution < 1.29 is 4.79 Å². The van der Waals surface area contributed by atoms with Gasteiger partial charge >= 0.3 is 0 Å². The van der Waals surface area contributed by atoms with E-state index < -0.39 is 0 Å². The van der Waals surface area contributed by atoms with Crippen LogP contribution in [-0.2, 0) is 6.42 Å². The zero-order valence-electron chi connectivity index (χ0n) is 12.6. The molecule has 1 atom stereocenters. The smallest absolute Gasteiger partial charge is 0.258 e. The molecule has 2 heteroatoms. The van der Waals surface area contributed by atoms with Crippen molar-refractivity contribution in [2.24, 2.45) is 5.92 Å². The van der Waals surface area contributed by atoms with Crippen LogP contribution in [0.15, 0.2) is 54.6 Å². The highest BCUT2D eigenvalue weighted by molar-refractivity contribution is 6.07. The Balaban J connectivity index is 2.05. The predicted octanol–water partition coefficient (Wildman–Crippen LogP) is 4.30. The lowest BCUT2D eigenvalue weighted by atomic mass is 9.88. The molecule has 0 fully saturated rings. The maximum atomic E-state index is 13.0. The number of anilines is 1. The molecule has 2 aromatic carbocycles. The van der Waals surface area contributed by atoms with Crippen LogP contribution in [0.3, 0.4) is 0 Å². The number of nitrogens with zero attached hydrogens (tertiary/aromatic N) is 1. The zero-order chi connectivity index (χ0) is 14.8. The molecule has 0 aromatic heterocycles. The van der Waals surface area contributed by atoms with Crippen molar-refractivity contribution in [3.05, 3.63) is 65.7 Å². The third-order valence-corrected chi connectivity index (χ3v) is 4.30. The fourth-order valence-electron chi connectivity index (χ4n) is 3.18. The van der Waals surface area contributed by atoms with Gasteiger partial charge in [0.2, 0.25) is 0 Å². The number of aryl methyl sites for hydroxylation is 1. The normalized spacial score (nSPS) is 17.7. The molecule has 1 amide bonds. The molecule has 0 radical (unpaired) electrons. The number of hydrogen-bond donors (Lipinski definition) is 0. The van der Waals surface area contributed by atoms with Crippen LogP contribution in [-0.4, -0.2) is 11.9 Å². The van der Waals surface area contributed by atoms with Crippen molar-refractivity contribution >= 4 is 11.6 Å². The van der Waals surface area contributed by atoms with Crippen molar-refractivity contribution in [2.75, 3.05) is 4.90 Å². The molecule has 108 valence electrons. The van der Waals surface area contributed by atoms with Crippen LogP contribution in [0.1, 0.15) is 36.2 Å². The highest BCUT2D eigenvalue weighted by atomic mass is 16.2. The fourth-order valence-corrected chi connectivity index (χ4v) is 3.18. The van der Waals surface area contributed by atoms with Crippen molar-refractivity contribution in [1.29, 1.82) is 0 Å². The summed E-state index contributed by atoms with van der Waals surface area (Å²) >= 11 is 0. The Morgan fingerprint density at radius 2 is 1.71 bits per heavy atom. The van der Waals surface area contributed by atoms with Crippen LogP contribution >= 0.6 is 0 Å². The second-order valence-corrected chi connectivity index (χ2v) is 6.02.